The molecule has 0 radical (unpaired) electrons. The first-order chi connectivity index (χ1) is 9.10. The molecule has 2 aromatic rings. The van der Waals surface area contributed by atoms with Crippen molar-refractivity contribution in [1.29, 1.82) is 0 Å². The number of nitrogens with two attached hydrogens (primary N) is 1. The third kappa shape index (κ3) is 2.45. The van der Waals surface area contributed by atoms with E-state index in [1.807, 2.05) is 18.5 Å². The molecule has 0 atom stereocenters. The number of aromatic nitrogens is 4. The normalized spacial score (nSPS) is 10.9. The van der Waals surface area contributed by atoms with E-state index in [2.05, 4.69) is 35.0 Å². The Bertz CT molecular complexity index is 586. The van der Waals surface area contributed by atoms with Crippen LogP contribution in [0.15, 0.2) is 6.07 Å². The van der Waals surface area contributed by atoms with Gasteiger partial charge in [-0.25, -0.2) is 14.6 Å². The van der Waals surface area contributed by atoms with Crippen LogP contribution in [0.4, 0.5) is 5.82 Å². The molecular weight excluding hydrogens is 238 g/mol. The molecule has 2 rings (SSSR count). The predicted molar refractivity (Wildman–Crippen MR) is 76.4 cm³/mol. The fraction of sp³-hybridized carbons (Fsp3) is 0.500. The lowest BCUT2D eigenvalue weighted by Gasteiger charge is -2.11. The van der Waals surface area contributed by atoms with E-state index in [0.717, 1.165) is 47.9 Å². The number of aryl methyl sites for hydroxylation is 3. The first-order valence-corrected chi connectivity index (χ1v) is 6.81. The van der Waals surface area contributed by atoms with Crippen LogP contribution < -0.4 is 5.73 Å². The number of nitrogen functional groups attached to an aromatic ring is 1. The van der Waals surface area contributed by atoms with Gasteiger partial charge in [0.25, 0.3) is 0 Å². The first-order valence-electron chi connectivity index (χ1n) is 6.81. The lowest BCUT2D eigenvalue weighted by atomic mass is 10.2. The maximum atomic E-state index is 5.97. The van der Waals surface area contributed by atoms with E-state index in [9.17, 15) is 0 Å². The summed E-state index contributed by atoms with van der Waals surface area (Å²) in [5.41, 5.74) is 9.09. The van der Waals surface area contributed by atoms with E-state index in [1.165, 1.54) is 0 Å². The van der Waals surface area contributed by atoms with Gasteiger partial charge >= 0.3 is 0 Å². The number of hydrogen-bond donors (Lipinski definition) is 1. The maximum absolute atomic E-state index is 5.97. The van der Waals surface area contributed by atoms with E-state index in [4.69, 9.17) is 5.73 Å². The third-order valence-corrected chi connectivity index (χ3v) is 3.28. The van der Waals surface area contributed by atoms with Crippen LogP contribution in [0.3, 0.4) is 0 Å². The zero-order valence-electron chi connectivity index (χ0n) is 12.1. The molecule has 0 saturated carbocycles. The summed E-state index contributed by atoms with van der Waals surface area (Å²) in [7, 11) is 0. The molecule has 102 valence electrons. The molecule has 0 unspecified atom stereocenters. The van der Waals surface area contributed by atoms with E-state index in [0.29, 0.717) is 5.82 Å². The Morgan fingerprint density at radius 1 is 1.11 bits per heavy atom. The number of anilines is 1. The van der Waals surface area contributed by atoms with Crippen LogP contribution in [0.1, 0.15) is 43.5 Å². The van der Waals surface area contributed by atoms with Crippen LogP contribution in [0, 0.1) is 6.92 Å². The minimum absolute atomic E-state index is 0.539. The van der Waals surface area contributed by atoms with Gasteiger partial charge in [0.05, 0.1) is 5.69 Å². The summed E-state index contributed by atoms with van der Waals surface area (Å²) in [5.74, 6) is 2.10. The molecule has 0 fully saturated rings. The van der Waals surface area contributed by atoms with Gasteiger partial charge in [0.15, 0.2) is 5.82 Å². The fourth-order valence-electron chi connectivity index (χ4n) is 2.02. The van der Waals surface area contributed by atoms with Crippen LogP contribution in [0.25, 0.3) is 5.82 Å². The van der Waals surface area contributed by atoms with Gasteiger partial charge in [-0.1, -0.05) is 20.8 Å². The van der Waals surface area contributed by atoms with Crippen molar-refractivity contribution in [2.75, 3.05) is 5.73 Å². The summed E-state index contributed by atoms with van der Waals surface area (Å²) in [4.78, 5) is 8.87. The van der Waals surface area contributed by atoms with Gasteiger partial charge < -0.3 is 5.73 Å². The van der Waals surface area contributed by atoms with Crippen LogP contribution >= 0.6 is 0 Å². The second kappa shape index (κ2) is 5.38. The largest absolute Gasteiger partial charge is 0.383 e. The Morgan fingerprint density at radius 3 is 2.42 bits per heavy atom. The lowest BCUT2D eigenvalue weighted by molar-refractivity contribution is 0.751. The average Bonchev–Trinajstić information content (AvgIpc) is 2.84. The molecule has 5 heteroatoms. The van der Waals surface area contributed by atoms with Crippen molar-refractivity contribution >= 4 is 5.82 Å². The maximum Gasteiger partial charge on any atom is 0.162 e. The molecule has 2 aromatic heterocycles. The molecule has 0 aliphatic heterocycles. The molecule has 0 aliphatic rings. The average molecular weight is 259 g/mol. The minimum Gasteiger partial charge on any atom is -0.383 e. The van der Waals surface area contributed by atoms with Gasteiger partial charge in [-0.05, 0) is 25.8 Å². The van der Waals surface area contributed by atoms with Crippen molar-refractivity contribution in [3.05, 3.63) is 28.8 Å². The first kappa shape index (κ1) is 13.5. The lowest BCUT2D eigenvalue weighted by Crippen LogP contribution is -2.12. The number of hydrogen-bond acceptors (Lipinski definition) is 4. The Labute approximate surface area is 113 Å². The second-order valence-electron chi connectivity index (χ2n) is 4.57. The summed E-state index contributed by atoms with van der Waals surface area (Å²) in [5, 5.41) is 4.62. The SMILES string of the molecule is CCc1cc(CC)n(-c2nc(CC)nc(N)c2C)n1. The molecule has 5 nitrogen and oxygen atoms in total. The van der Waals surface area contributed by atoms with E-state index >= 15 is 0 Å². The predicted octanol–water partition coefficient (Wildman–Crippen LogP) is 2.24. The quantitative estimate of drug-likeness (QED) is 0.914. The summed E-state index contributed by atoms with van der Waals surface area (Å²) >= 11 is 0. The summed E-state index contributed by atoms with van der Waals surface area (Å²) in [6.07, 6.45) is 2.60. The Balaban J connectivity index is 2.63. The highest BCUT2D eigenvalue weighted by Crippen LogP contribution is 2.19. The van der Waals surface area contributed by atoms with Gasteiger partial charge in [-0.15, -0.1) is 0 Å². The zero-order valence-corrected chi connectivity index (χ0v) is 12.1. The van der Waals surface area contributed by atoms with Gasteiger partial charge in [0, 0.05) is 17.7 Å². The summed E-state index contributed by atoms with van der Waals surface area (Å²) in [6.45, 7) is 8.18. The van der Waals surface area contributed by atoms with Crippen LogP contribution in [0.5, 0.6) is 0 Å². The molecular formula is C14H21N5. The summed E-state index contributed by atoms with van der Waals surface area (Å²) < 4.78 is 1.91. The van der Waals surface area contributed by atoms with Crippen molar-refractivity contribution in [3.63, 3.8) is 0 Å². The smallest absolute Gasteiger partial charge is 0.162 e. The van der Waals surface area contributed by atoms with Gasteiger partial charge in [0.2, 0.25) is 0 Å². The zero-order chi connectivity index (χ0) is 14.0. The minimum atomic E-state index is 0.539. The number of nitrogens with zero attached hydrogens (tertiary/aromatic N) is 4. The molecule has 0 saturated heterocycles. The van der Waals surface area contributed by atoms with Crippen molar-refractivity contribution in [3.8, 4) is 5.82 Å². The summed E-state index contributed by atoms with van der Waals surface area (Å²) in [6, 6.07) is 2.13. The molecule has 0 aromatic carbocycles. The van der Waals surface area contributed by atoms with Crippen molar-refractivity contribution in [2.45, 2.75) is 47.0 Å². The molecule has 2 N–H and O–H groups in total. The highest BCUT2D eigenvalue weighted by Gasteiger charge is 2.14. The standard InChI is InChI=1S/C14H21N5/c1-5-10-8-11(6-2)19(18-10)14-9(4)13(15)16-12(7-3)17-14/h8H,5-7H2,1-4H3,(H2,15,16,17). The van der Waals surface area contributed by atoms with E-state index in [-0.39, 0.29) is 0 Å². The van der Waals surface area contributed by atoms with Gasteiger partial charge in [-0.2, -0.15) is 5.10 Å². The molecule has 0 bridgehead atoms. The van der Waals surface area contributed by atoms with Crippen molar-refractivity contribution in [1.82, 2.24) is 19.7 Å². The van der Waals surface area contributed by atoms with Crippen LogP contribution in [0.2, 0.25) is 0 Å². The second-order valence-corrected chi connectivity index (χ2v) is 4.57. The Morgan fingerprint density at radius 2 is 1.84 bits per heavy atom. The molecule has 19 heavy (non-hydrogen) atoms. The third-order valence-electron chi connectivity index (χ3n) is 3.28. The van der Waals surface area contributed by atoms with E-state index < -0.39 is 0 Å². The highest BCUT2D eigenvalue weighted by atomic mass is 15.3. The van der Waals surface area contributed by atoms with Crippen molar-refractivity contribution in [2.24, 2.45) is 0 Å². The Hall–Kier alpha value is -1.91. The fourth-order valence-corrected chi connectivity index (χ4v) is 2.02. The molecule has 0 amide bonds. The van der Waals surface area contributed by atoms with E-state index in [1.54, 1.807) is 0 Å². The number of rotatable bonds is 4. The molecule has 0 aliphatic carbocycles. The van der Waals surface area contributed by atoms with Gasteiger partial charge in [0.1, 0.15) is 11.6 Å². The van der Waals surface area contributed by atoms with Crippen LogP contribution in [-0.4, -0.2) is 19.7 Å². The van der Waals surface area contributed by atoms with Gasteiger partial charge in [-0.3, -0.25) is 0 Å². The highest BCUT2D eigenvalue weighted by molar-refractivity contribution is 5.48. The monoisotopic (exact) mass is 259 g/mol. The topological polar surface area (TPSA) is 69.6 Å². The van der Waals surface area contributed by atoms with Crippen LogP contribution in [-0.2, 0) is 19.3 Å². The molecule has 2 heterocycles. The molecule has 0 spiro atoms. The Kier molecular flexibility index (Phi) is 3.83. The van der Waals surface area contributed by atoms with Crippen molar-refractivity contribution < 1.29 is 0 Å².